The number of hydrogen-bond acceptors (Lipinski definition) is 2. The number of carbonyl (C=O) groups excluding carboxylic acids is 2. The van der Waals surface area contributed by atoms with Crippen molar-refractivity contribution in [3.05, 3.63) is 71.8 Å². The predicted octanol–water partition coefficient (Wildman–Crippen LogP) is -0.742. The SMILES string of the molecule is O=C1NC(=O)C(c2ccccc2)=C1c1ccccc1.[Na+]. The van der Waals surface area contributed by atoms with Crippen LogP contribution in [0.25, 0.3) is 11.1 Å². The first-order valence-electron chi connectivity index (χ1n) is 5.98. The summed E-state index contributed by atoms with van der Waals surface area (Å²) >= 11 is 0. The third-order valence-corrected chi connectivity index (χ3v) is 3.06. The molecular weight excluding hydrogens is 261 g/mol. The summed E-state index contributed by atoms with van der Waals surface area (Å²) in [7, 11) is 0. The summed E-state index contributed by atoms with van der Waals surface area (Å²) in [5.41, 5.74) is 2.39. The van der Waals surface area contributed by atoms with Gasteiger partial charge in [-0.1, -0.05) is 60.7 Å². The van der Waals surface area contributed by atoms with E-state index >= 15 is 0 Å². The van der Waals surface area contributed by atoms with E-state index in [0.29, 0.717) is 11.1 Å². The molecule has 0 saturated heterocycles. The first-order chi connectivity index (χ1) is 9.27. The molecule has 2 aromatic carbocycles. The van der Waals surface area contributed by atoms with Gasteiger partial charge in [-0.15, -0.1) is 0 Å². The summed E-state index contributed by atoms with van der Waals surface area (Å²) in [4.78, 5) is 24.0. The average Bonchev–Trinajstić information content (AvgIpc) is 2.75. The fourth-order valence-electron chi connectivity index (χ4n) is 2.22. The van der Waals surface area contributed by atoms with Gasteiger partial charge in [0.2, 0.25) is 0 Å². The van der Waals surface area contributed by atoms with Gasteiger partial charge in [0.05, 0.1) is 11.1 Å². The summed E-state index contributed by atoms with van der Waals surface area (Å²) in [5, 5.41) is 2.36. The number of benzene rings is 2. The number of nitrogens with one attached hydrogen (secondary N) is 1. The molecule has 1 heterocycles. The van der Waals surface area contributed by atoms with Crippen molar-refractivity contribution in [3.8, 4) is 0 Å². The van der Waals surface area contributed by atoms with Crippen LogP contribution in [0.5, 0.6) is 0 Å². The predicted molar refractivity (Wildman–Crippen MR) is 72.8 cm³/mol. The molecule has 0 aliphatic carbocycles. The molecule has 4 heteroatoms. The van der Waals surface area contributed by atoms with Crippen molar-refractivity contribution in [3.63, 3.8) is 0 Å². The van der Waals surface area contributed by atoms with Gasteiger partial charge in [-0.25, -0.2) is 0 Å². The largest absolute Gasteiger partial charge is 1.00 e. The van der Waals surface area contributed by atoms with Crippen LogP contribution >= 0.6 is 0 Å². The molecule has 1 aliphatic rings. The van der Waals surface area contributed by atoms with Crippen molar-refractivity contribution in [2.45, 2.75) is 0 Å². The molecule has 0 bridgehead atoms. The Morgan fingerprint density at radius 3 is 1.30 bits per heavy atom. The Kier molecular flexibility index (Phi) is 4.55. The minimum absolute atomic E-state index is 0. The Morgan fingerprint density at radius 2 is 0.950 bits per heavy atom. The molecule has 0 radical (unpaired) electrons. The maximum absolute atomic E-state index is 12.0. The Morgan fingerprint density at radius 1 is 0.600 bits per heavy atom. The Hall–Kier alpha value is -1.68. The Labute approximate surface area is 139 Å². The van der Waals surface area contributed by atoms with Crippen molar-refractivity contribution in [1.82, 2.24) is 5.32 Å². The number of imide groups is 1. The van der Waals surface area contributed by atoms with Crippen LogP contribution in [0.4, 0.5) is 0 Å². The smallest absolute Gasteiger partial charge is 0.288 e. The van der Waals surface area contributed by atoms with Gasteiger partial charge < -0.3 is 0 Å². The monoisotopic (exact) mass is 272 g/mol. The van der Waals surface area contributed by atoms with Crippen LogP contribution in [-0.2, 0) is 9.59 Å². The molecule has 0 atom stereocenters. The van der Waals surface area contributed by atoms with Gasteiger partial charge in [-0.2, -0.15) is 0 Å². The molecular formula is C16H11NNaO2+. The molecule has 20 heavy (non-hydrogen) atoms. The Balaban J connectivity index is 0.00000147. The maximum Gasteiger partial charge on any atom is 1.00 e. The second-order valence-electron chi connectivity index (χ2n) is 4.27. The van der Waals surface area contributed by atoms with Crippen LogP contribution in [0.2, 0.25) is 0 Å². The van der Waals surface area contributed by atoms with Crippen molar-refractivity contribution in [1.29, 1.82) is 0 Å². The zero-order chi connectivity index (χ0) is 13.2. The van der Waals surface area contributed by atoms with E-state index in [1.165, 1.54) is 0 Å². The Bertz CT molecular complexity index is 619. The summed E-state index contributed by atoms with van der Waals surface area (Å²) in [6.45, 7) is 0. The third-order valence-electron chi connectivity index (χ3n) is 3.06. The van der Waals surface area contributed by atoms with Gasteiger partial charge in [0, 0.05) is 0 Å². The van der Waals surface area contributed by atoms with Gasteiger partial charge in [-0.3, -0.25) is 14.9 Å². The maximum atomic E-state index is 12.0. The number of amides is 2. The summed E-state index contributed by atoms with van der Waals surface area (Å²) in [6, 6.07) is 18.5. The molecule has 0 aromatic heterocycles. The molecule has 92 valence electrons. The summed E-state index contributed by atoms with van der Waals surface area (Å²) < 4.78 is 0. The van der Waals surface area contributed by atoms with E-state index in [1.807, 2.05) is 60.7 Å². The molecule has 2 aromatic rings. The first kappa shape index (κ1) is 14.7. The molecule has 2 amide bonds. The number of hydrogen-bond donors (Lipinski definition) is 1. The van der Waals surface area contributed by atoms with Crippen molar-refractivity contribution < 1.29 is 39.1 Å². The fourth-order valence-corrected chi connectivity index (χ4v) is 2.22. The van der Waals surface area contributed by atoms with Gasteiger partial charge >= 0.3 is 29.6 Å². The standard InChI is InChI=1S/C16H11NO2.Na/c18-15-13(11-7-3-1-4-8-11)14(16(19)17-15)12-9-5-2-6-10-12;/h1-10H,(H,17,18,19);/q;+1. The minimum Gasteiger partial charge on any atom is -0.288 e. The third kappa shape index (κ3) is 2.61. The number of rotatable bonds is 2. The molecule has 0 spiro atoms. The van der Waals surface area contributed by atoms with Crippen LogP contribution in [0.1, 0.15) is 11.1 Å². The van der Waals surface area contributed by atoms with Crippen LogP contribution in [-0.4, -0.2) is 11.8 Å². The molecule has 0 fully saturated rings. The first-order valence-corrected chi connectivity index (χ1v) is 5.98. The topological polar surface area (TPSA) is 46.2 Å². The molecule has 3 rings (SSSR count). The molecule has 0 unspecified atom stereocenters. The van der Waals surface area contributed by atoms with Crippen molar-refractivity contribution >= 4 is 23.0 Å². The molecule has 1 aliphatic heterocycles. The molecule has 0 saturated carbocycles. The summed E-state index contributed by atoms with van der Waals surface area (Å²) in [6.07, 6.45) is 0. The zero-order valence-corrected chi connectivity index (χ0v) is 13.1. The van der Waals surface area contributed by atoms with Crippen LogP contribution in [0, 0.1) is 0 Å². The van der Waals surface area contributed by atoms with Crippen LogP contribution in [0.3, 0.4) is 0 Å². The van der Waals surface area contributed by atoms with E-state index in [4.69, 9.17) is 0 Å². The number of carbonyl (C=O) groups is 2. The van der Waals surface area contributed by atoms with E-state index in [2.05, 4.69) is 5.32 Å². The van der Waals surface area contributed by atoms with E-state index in [9.17, 15) is 9.59 Å². The van der Waals surface area contributed by atoms with E-state index in [0.717, 1.165) is 11.1 Å². The average molecular weight is 272 g/mol. The van der Waals surface area contributed by atoms with Gasteiger partial charge in [-0.05, 0) is 11.1 Å². The quantitative estimate of drug-likeness (QED) is 0.578. The van der Waals surface area contributed by atoms with Gasteiger partial charge in [0.1, 0.15) is 0 Å². The molecule has 1 N–H and O–H groups in total. The van der Waals surface area contributed by atoms with E-state index in [1.54, 1.807) is 0 Å². The second-order valence-corrected chi connectivity index (χ2v) is 4.27. The van der Waals surface area contributed by atoms with Gasteiger partial charge in [0.25, 0.3) is 11.8 Å². The zero-order valence-electron chi connectivity index (χ0n) is 11.1. The van der Waals surface area contributed by atoms with E-state index < -0.39 is 0 Å². The minimum atomic E-state index is -0.338. The van der Waals surface area contributed by atoms with Crippen molar-refractivity contribution in [2.24, 2.45) is 0 Å². The van der Waals surface area contributed by atoms with E-state index in [-0.39, 0.29) is 41.4 Å². The molecule has 3 nitrogen and oxygen atoms in total. The normalized spacial score (nSPS) is 14.0. The van der Waals surface area contributed by atoms with Crippen LogP contribution < -0.4 is 34.9 Å². The fraction of sp³-hybridized carbons (Fsp3) is 0. The van der Waals surface area contributed by atoms with Crippen LogP contribution in [0.15, 0.2) is 60.7 Å². The summed E-state index contributed by atoms with van der Waals surface area (Å²) in [5.74, 6) is -0.676. The van der Waals surface area contributed by atoms with Crippen molar-refractivity contribution in [2.75, 3.05) is 0 Å². The van der Waals surface area contributed by atoms with Gasteiger partial charge in [0.15, 0.2) is 0 Å². The second kappa shape index (κ2) is 6.18.